The van der Waals surface area contributed by atoms with Crippen molar-refractivity contribution in [1.82, 2.24) is 25.5 Å². The summed E-state index contributed by atoms with van der Waals surface area (Å²) in [5.74, 6) is 3.50. The molecule has 0 saturated heterocycles. The number of hydrogen-bond acceptors (Lipinski definition) is 7. The lowest BCUT2D eigenvalue weighted by Crippen LogP contribution is -2.31. The lowest BCUT2D eigenvalue weighted by Gasteiger charge is -2.09. The molecule has 0 bridgehead atoms. The van der Waals surface area contributed by atoms with Gasteiger partial charge in [-0.15, -0.1) is 22.5 Å². The summed E-state index contributed by atoms with van der Waals surface area (Å²) in [6.45, 7) is 0.644. The van der Waals surface area contributed by atoms with Gasteiger partial charge in [0, 0.05) is 25.8 Å². The first-order valence-corrected chi connectivity index (χ1v) is 8.28. The molecular weight excluding hydrogens is 334 g/mol. The van der Waals surface area contributed by atoms with E-state index in [-0.39, 0.29) is 19.1 Å². The number of amides is 1. The summed E-state index contributed by atoms with van der Waals surface area (Å²) >= 11 is 0. The number of tetrazole rings is 1. The highest BCUT2D eigenvalue weighted by molar-refractivity contribution is 5.75. The van der Waals surface area contributed by atoms with Crippen LogP contribution in [0.2, 0.25) is 0 Å². The maximum atomic E-state index is 12.0. The molecule has 9 nitrogen and oxygen atoms in total. The first-order valence-electron chi connectivity index (χ1n) is 8.28. The largest absolute Gasteiger partial charge is 0.485 e. The summed E-state index contributed by atoms with van der Waals surface area (Å²) < 4.78 is 5.54. The van der Waals surface area contributed by atoms with Crippen molar-refractivity contribution >= 4 is 5.91 Å². The van der Waals surface area contributed by atoms with Crippen molar-refractivity contribution in [3.8, 4) is 18.1 Å². The highest BCUT2D eigenvalue weighted by Gasteiger charge is 2.38. The van der Waals surface area contributed by atoms with Crippen molar-refractivity contribution < 1.29 is 9.53 Å². The molecule has 1 aliphatic heterocycles. The zero-order valence-corrected chi connectivity index (χ0v) is 14.2. The fourth-order valence-electron chi connectivity index (χ4n) is 2.32. The maximum absolute atomic E-state index is 12.0. The number of carbonyl (C=O) groups is 1. The Bertz CT molecular complexity index is 804. The summed E-state index contributed by atoms with van der Waals surface area (Å²) in [7, 11) is 0. The highest BCUT2D eigenvalue weighted by Crippen LogP contribution is 2.35. The lowest BCUT2D eigenvalue weighted by atomic mass is 10.0. The molecule has 1 aromatic heterocycles. The van der Waals surface area contributed by atoms with Gasteiger partial charge in [-0.3, -0.25) is 4.79 Å². The van der Waals surface area contributed by atoms with E-state index in [4.69, 9.17) is 11.2 Å². The third-order valence-corrected chi connectivity index (χ3v) is 3.79. The number of para-hydroxylation sites is 1. The number of terminal acetylenes is 1. The van der Waals surface area contributed by atoms with Crippen molar-refractivity contribution in [3.63, 3.8) is 0 Å². The summed E-state index contributed by atoms with van der Waals surface area (Å²) in [6.07, 6.45) is 7.23. The molecule has 0 spiro atoms. The van der Waals surface area contributed by atoms with Crippen LogP contribution in [-0.2, 0) is 17.9 Å². The normalized spacial score (nSPS) is 13.8. The molecule has 134 valence electrons. The number of rotatable bonds is 10. The van der Waals surface area contributed by atoms with E-state index in [1.54, 1.807) is 0 Å². The highest BCUT2D eigenvalue weighted by atomic mass is 16.5. The number of carbonyl (C=O) groups excluding carboxylic acids is 1. The SMILES string of the molecule is C#CCCC1(CCNC(=O)Cn2nnc(COc3ccccc3)n2)N=N1. The van der Waals surface area contributed by atoms with Gasteiger partial charge in [0.2, 0.25) is 11.7 Å². The Labute approximate surface area is 150 Å². The number of hydrogen-bond donors (Lipinski definition) is 1. The Morgan fingerprint density at radius 3 is 2.81 bits per heavy atom. The zero-order chi connectivity index (χ0) is 18.2. The molecule has 9 heteroatoms. The van der Waals surface area contributed by atoms with E-state index in [1.165, 1.54) is 4.80 Å². The monoisotopic (exact) mass is 353 g/mol. The van der Waals surface area contributed by atoms with Crippen LogP contribution < -0.4 is 10.1 Å². The van der Waals surface area contributed by atoms with Gasteiger partial charge in [0.25, 0.3) is 0 Å². The van der Waals surface area contributed by atoms with E-state index in [1.807, 2.05) is 30.3 Å². The van der Waals surface area contributed by atoms with Crippen LogP contribution in [0.1, 0.15) is 25.1 Å². The second-order valence-corrected chi connectivity index (χ2v) is 5.82. The number of aromatic nitrogens is 4. The molecule has 26 heavy (non-hydrogen) atoms. The molecule has 0 unspecified atom stereocenters. The van der Waals surface area contributed by atoms with Gasteiger partial charge in [0.05, 0.1) is 0 Å². The van der Waals surface area contributed by atoms with Crippen molar-refractivity contribution in [1.29, 1.82) is 0 Å². The topological polar surface area (TPSA) is 107 Å². The summed E-state index contributed by atoms with van der Waals surface area (Å²) in [6, 6.07) is 9.34. The molecule has 0 radical (unpaired) electrons. The van der Waals surface area contributed by atoms with Gasteiger partial charge in [-0.25, -0.2) is 0 Å². The molecule has 1 aromatic carbocycles. The Hall–Kier alpha value is -3.28. The Morgan fingerprint density at radius 2 is 2.08 bits per heavy atom. The third kappa shape index (κ3) is 5.11. The Balaban J connectivity index is 1.37. The van der Waals surface area contributed by atoms with Crippen molar-refractivity contribution in [2.45, 2.75) is 38.1 Å². The average molecular weight is 353 g/mol. The Kier molecular flexibility index (Phi) is 5.53. The molecular formula is C17H19N7O2. The van der Waals surface area contributed by atoms with Gasteiger partial charge in [-0.1, -0.05) is 18.2 Å². The molecule has 0 fully saturated rings. The first-order chi connectivity index (χ1) is 12.7. The van der Waals surface area contributed by atoms with Crippen LogP contribution in [0.15, 0.2) is 40.6 Å². The van der Waals surface area contributed by atoms with Gasteiger partial charge in [-0.05, 0) is 17.3 Å². The van der Waals surface area contributed by atoms with Gasteiger partial charge in [0.1, 0.15) is 12.3 Å². The summed E-state index contributed by atoms with van der Waals surface area (Å²) in [4.78, 5) is 13.2. The molecule has 0 atom stereocenters. The summed E-state index contributed by atoms with van der Waals surface area (Å²) in [5.41, 5.74) is -0.396. The fourth-order valence-corrected chi connectivity index (χ4v) is 2.32. The molecule has 2 heterocycles. The number of nitrogens with zero attached hydrogens (tertiary/aromatic N) is 6. The molecule has 1 aliphatic rings. The molecule has 0 aliphatic carbocycles. The van der Waals surface area contributed by atoms with Crippen LogP contribution in [0.25, 0.3) is 0 Å². The number of nitrogens with one attached hydrogen (secondary N) is 1. The quantitative estimate of drug-likeness (QED) is 0.649. The second kappa shape index (κ2) is 8.20. The van der Waals surface area contributed by atoms with Crippen LogP contribution >= 0.6 is 0 Å². The smallest absolute Gasteiger partial charge is 0.243 e. The van der Waals surface area contributed by atoms with E-state index < -0.39 is 5.66 Å². The van der Waals surface area contributed by atoms with Gasteiger partial charge in [0.15, 0.2) is 12.3 Å². The summed E-state index contributed by atoms with van der Waals surface area (Å²) in [5, 5.41) is 22.7. The molecule has 2 aromatic rings. The Morgan fingerprint density at radius 1 is 1.27 bits per heavy atom. The van der Waals surface area contributed by atoms with Gasteiger partial charge in [-0.2, -0.15) is 15.0 Å². The zero-order valence-electron chi connectivity index (χ0n) is 14.2. The van der Waals surface area contributed by atoms with Gasteiger partial charge < -0.3 is 10.1 Å². The van der Waals surface area contributed by atoms with Gasteiger partial charge >= 0.3 is 0 Å². The molecule has 1 amide bonds. The average Bonchev–Trinajstić information content (AvgIpc) is 3.28. The number of ether oxygens (including phenoxy) is 1. The lowest BCUT2D eigenvalue weighted by molar-refractivity contribution is -0.122. The standard InChI is InChI=1S/C17H19N7O2/c1-2-3-9-17(21-22-17)10-11-18-16(25)12-24-20-15(19-23-24)13-26-14-7-5-4-6-8-14/h1,4-8H,3,9-13H2,(H,18,25). The van der Waals surface area contributed by atoms with Crippen LogP contribution in [0.5, 0.6) is 5.75 Å². The van der Waals surface area contributed by atoms with Crippen LogP contribution in [0.4, 0.5) is 0 Å². The maximum Gasteiger partial charge on any atom is 0.243 e. The minimum Gasteiger partial charge on any atom is -0.485 e. The first kappa shape index (κ1) is 17.5. The predicted octanol–water partition coefficient (Wildman–Crippen LogP) is 1.33. The van der Waals surface area contributed by atoms with E-state index in [0.717, 1.165) is 12.2 Å². The van der Waals surface area contributed by atoms with Crippen molar-refractivity contribution in [2.75, 3.05) is 6.54 Å². The molecule has 1 N–H and O–H groups in total. The second-order valence-electron chi connectivity index (χ2n) is 5.82. The van der Waals surface area contributed by atoms with E-state index in [9.17, 15) is 4.79 Å². The van der Waals surface area contributed by atoms with E-state index in [0.29, 0.717) is 25.2 Å². The van der Waals surface area contributed by atoms with Crippen molar-refractivity contribution in [3.05, 3.63) is 36.2 Å². The van der Waals surface area contributed by atoms with Crippen LogP contribution in [0, 0.1) is 12.3 Å². The van der Waals surface area contributed by atoms with E-state index in [2.05, 4.69) is 36.9 Å². The minimum absolute atomic E-state index is 0.00994. The molecule has 0 saturated carbocycles. The van der Waals surface area contributed by atoms with Crippen LogP contribution in [0.3, 0.4) is 0 Å². The molecule has 3 rings (SSSR count). The van der Waals surface area contributed by atoms with Crippen LogP contribution in [-0.4, -0.2) is 38.3 Å². The third-order valence-electron chi connectivity index (χ3n) is 3.79. The van der Waals surface area contributed by atoms with Crippen molar-refractivity contribution in [2.24, 2.45) is 10.2 Å². The van der Waals surface area contributed by atoms with E-state index >= 15 is 0 Å². The fraction of sp³-hybridized carbons (Fsp3) is 0.412. The minimum atomic E-state index is -0.396. The number of benzene rings is 1. The predicted molar refractivity (Wildman–Crippen MR) is 91.9 cm³/mol.